The predicted octanol–water partition coefficient (Wildman–Crippen LogP) is 2.16. The lowest BCUT2D eigenvalue weighted by Gasteiger charge is -2.09. The van der Waals surface area contributed by atoms with E-state index in [1.54, 1.807) is 23.9 Å². The monoisotopic (exact) mass is 274 g/mol. The molecule has 1 N–H and O–H groups in total. The summed E-state index contributed by atoms with van der Waals surface area (Å²) in [4.78, 5) is 16.2. The molecule has 1 amide bonds. The summed E-state index contributed by atoms with van der Waals surface area (Å²) < 4.78 is 7.05. The molecule has 0 saturated heterocycles. The number of nitrogens with zero attached hydrogens (tertiary/aromatic N) is 3. The van der Waals surface area contributed by atoms with E-state index in [0.717, 1.165) is 5.69 Å². The van der Waals surface area contributed by atoms with Crippen LogP contribution in [0.3, 0.4) is 0 Å². The number of carbonyl (C=O) groups excluding carboxylic acids is 1. The standard InChI is InChI=1S/C14H18N4O2/c1-9(2)20-13-6-5-11(8-15-13)14(19)16-12-7-10(3)17-18(12)4/h5-9H,1-4H3,(H,16,19). The minimum Gasteiger partial charge on any atom is -0.475 e. The van der Waals surface area contributed by atoms with Crippen molar-refractivity contribution in [3.8, 4) is 5.88 Å². The van der Waals surface area contributed by atoms with Crippen LogP contribution in [0.15, 0.2) is 24.4 Å². The maximum Gasteiger partial charge on any atom is 0.258 e. The van der Waals surface area contributed by atoms with Crippen molar-refractivity contribution in [3.05, 3.63) is 35.7 Å². The number of amides is 1. The SMILES string of the molecule is Cc1cc(NC(=O)c2ccc(OC(C)C)nc2)n(C)n1. The average Bonchev–Trinajstić information content (AvgIpc) is 2.68. The summed E-state index contributed by atoms with van der Waals surface area (Å²) in [7, 11) is 1.78. The lowest BCUT2D eigenvalue weighted by atomic mass is 10.2. The largest absolute Gasteiger partial charge is 0.475 e. The zero-order valence-electron chi connectivity index (χ0n) is 12.0. The van der Waals surface area contributed by atoms with Crippen LogP contribution in [-0.4, -0.2) is 26.8 Å². The Morgan fingerprint density at radius 1 is 1.40 bits per heavy atom. The lowest BCUT2D eigenvalue weighted by Crippen LogP contribution is -2.15. The van der Waals surface area contributed by atoms with E-state index < -0.39 is 0 Å². The number of aromatic nitrogens is 3. The molecule has 20 heavy (non-hydrogen) atoms. The second-order valence-corrected chi connectivity index (χ2v) is 4.80. The van der Waals surface area contributed by atoms with E-state index in [0.29, 0.717) is 17.3 Å². The molecule has 0 radical (unpaired) electrons. The molecular weight excluding hydrogens is 256 g/mol. The number of anilines is 1. The Balaban J connectivity index is 2.07. The molecule has 0 aliphatic rings. The second kappa shape index (κ2) is 5.73. The third-order valence-electron chi connectivity index (χ3n) is 2.60. The summed E-state index contributed by atoms with van der Waals surface area (Å²) in [5.41, 5.74) is 1.32. The zero-order valence-corrected chi connectivity index (χ0v) is 12.0. The highest BCUT2D eigenvalue weighted by Gasteiger charge is 2.10. The molecule has 0 unspecified atom stereocenters. The first-order valence-corrected chi connectivity index (χ1v) is 6.40. The first kappa shape index (κ1) is 14.0. The number of carbonyl (C=O) groups is 1. The van der Waals surface area contributed by atoms with Crippen molar-refractivity contribution in [1.29, 1.82) is 0 Å². The van der Waals surface area contributed by atoms with Crippen molar-refractivity contribution in [3.63, 3.8) is 0 Å². The van der Waals surface area contributed by atoms with E-state index in [1.165, 1.54) is 6.20 Å². The molecule has 2 aromatic rings. The van der Waals surface area contributed by atoms with Crippen molar-refractivity contribution in [2.75, 3.05) is 5.32 Å². The molecule has 0 aromatic carbocycles. The highest BCUT2D eigenvalue weighted by atomic mass is 16.5. The topological polar surface area (TPSA) is 69.0 Å². The second-order valence-electron chi connectivity index (χ2n) is 4.80. The van der Waals surface area contributed by atoms with Gasteiger partial charge in [-0.2, -0.15) is 5.10 Å². The summed E-state index contributed by atoms with van der Waals surface area (Å²) in [6.45, 7) is 5.72. The molecular formula is C14H18N4O2. The number of hydrogen-bond acceptors (Lipinski definition) is 4. The van der Waals surface area contributed by atoms with Crippen LogP contribution in [0, 0.1) is 6.92 Å². The van der Waals surface area contributed by atoms with Gasteiger partial charge in [-0.05, 0) is 26.8 Å². The van der Waals surface area contributed by atoms with Crippen LogP contribution < -0.4 is 10.1 Å². The van der Waals surface area contributed by atoms with Crippen LogP contribution in [-0.2, 0) is 7.05 Å². The summed E-state index contributed by atoms with van der Waals surface area (Å²) in [5, 5.41) is 6.96. The van der Waals surface area contributed by atoms with Gasteiger partial charge in [0.25, 0.3) is 5.91 Å². The molecule has 0 aliphatic carbocycles. The third-order valence-corrected chi connectivity index (χ3v) is 2.60. The molecule has 0 aliphatic heterocycles. The first-order valence-electron chi connectivity index (χ1n) is 6.40. The van der Waals surface area contributed by atoms with Crippen LogP contribution in [0.1, 0.15) is 29.9 Å². The molecule has 0 atom stereocenters. The molecule has 106 valence electrons. The van der Waals surface area contributed by atoms with E-state index in [-0.39, 0.29) is 12.0 Å². The maximum absolute atomic E-state index is 12.1. The Morgan fingerprint density at radius 2 is 2.15 bits per heavy atom. The van der Waals surface area contributed by atoms with Crippen LogP contribution >= 0.6 is 0 Å². The fourth-order valence-corrected chi connectivity index (χ4v) is 1.74. The predicted molar refractivity (Wildman–Crippen MR) is 75.9 cm³/mol. The normalized spacial score (nSPS) is 10.7. The van der Waals surface area contributed by atoms with Crippen LogP contribution in [0.2, 0.25) is 0 Å². The smallest absolute Gasteiger partial charge is 0.258 e. The molecule has 0 bridgehead atoms. The maximum atomic E-state index is 12.1. The van der Waals surface area contributed by atoms with Gasteiger partial charge in [0.2, 0.25) is 5.88 Å². The van der Waals surface area contributed by atoms with E-state index >= 15 is 0 Å². The Hall–Kier alpha value is -2.37. The van der Waals surface area contributed by atoms with Gasteiger partial charge in [-0.1, -0.05) is 0 Å². The number of aryl methyl sites for hydroxylation is 2. The minimum atomic E-state index is -0.225. The van der Waals surface area contributed by atoms with Gasteiger partial charge in [-0.3, -0.25) is 9.48 Å². The van der Waals surface area contributed by atoms with Crippen molar-refractivity contribution in [1.82, 2.24) is 14.8 Å². The number of nitrogens with one attached hydrogen (secondary N) is 1. The van der Waals surface area contributed by atoms with E-state index in [9.17, 15) is 4.79 Å². The summed E-state index contributed by atoms with van der Waals surface area (Å²) in [5.74, 6) is 0.930. The summed E-state index contributed by atoms with van der Waals surface area (Å²) in [6, 6.07) is 5.17. The number of rotatable bonds is 4. The molecule has 0 spiro atoms. The average molecular weight is 274 g/mol. The molecule has 2 aromatic heterocycles. The number of ether oxygens (including phenoxy) is 1. The molecule has 6 nitrogen and oxygen atoms in total. The van der Waals surface area contributed by atoms with Gasteiger partial charge in [0, 0.05) is 25.4 Å². The van der Waals surface area contributed by atoms with Gasteiger partial charge < -0.3 is 10.1 Å². The van der Waals surface area contributed by atoms with Gasteiger partial charge >= 0.3 is 0 Å². The Labute approximate surface area is 117 Å². The fraction of sp³-hybridized carbons (Fsp3) is 0.357. The molecule has 2 heterocycles. The van der Waals surface area contributed by atoms with E-state index in [4.69, 9.17) is 4.74 Å². The molecule has 0 fully saturated rings. The Morgan fingerprint density at radius 3 is 2.65 bits per heavy atom. The van der Waals surface area contributed by atoms with Crippen molar-refractivity contribution in [2.24, 2.45) is 7.05 Å². The molecule has 0 saturated carbocycles. The fourth-order valence-electron chi connectivity index (χ4n) is 1.74. The van der Waals surface area contributed by atoms with Crippen molar-refractivity contribution < 1.29 is 9.53 Å². The van der Waals surface area contributed by atoms with Crippen molar-refractivity contribution >= 4 is 11.7 Å². The van der Waals surface area contributed by atoms with Crippen LogP contribution in [0.5, 0.6) is 5.88 Å². The van der Waals surface area contributed by atoms with Gasteiger partial charge in [0.05, 0.1) is 17.4 Å². The minimum absolute atomic E-state index is 0.0552. The Kier molecular flexibility index (Phi) is 4.02. The van der Waals surface area contributed by atoms with Gasteiger partial charge in [-0.15, -0.1) is 0 Å². The first-order chi connectivity index (χ1) is 9.45. The van der Waals surface area contributed by atoms with Crippen molar-refractivity contribution in [2.45, 2.75) is 26.9 Å². The highest BCUT2D eigenvalue weighted by molar-refractivity contribution is 6.03. The van der Waals surface area contributed by atoms with Crippen LogP contribution in [0.25, 0.3) is 0 Å². The van der Waals surface area contributed by atoms with Gasteiger partial charge in [-0.25, -0.2) is 4.98 Å². The summed E-state index contributed by atoms with van der Waals surface area (Å²) in [6.07, 6.45) is 1.55. The highest BCUT2D eigenvalue weighted by Crippen LogP contribution is 2.13. The molecule has 6 heteroatoms. The number of pyridine rings is 1. The molecule has 2 rings (SSSR count). The van der Waals surface area contributed by atoms with Gasteiger partial charge in [0.15, 0.2) is 0 Å². The number of hydrogen-bond donors (Lipinski definition) is 1. The summed E-state index contributed by atoms with van der Waals surface area (Å²) >= 11 is 0. The van der Waals surface area contributed by atoms with E-state index in [1.807, 2.05) is 26.8 Å². The van der Waals surface area contributed by atoms with E-state index in [2.05, 4.69) is 15.4 Å². The Bertz CT molecular complexity index is 602. The van der Waals surface area contributed by atoms with Gasteiger partial charge in [0.1, 0.15) is 5.82 Å². The quantitative estimate of drug-likeness (QED) is 0.927. The van der Waals surface area contributed by atoms with Crippen LogP contribution in [0.4, 0.5) is 5.82 Å². The third kappa shape index (κ3) is 3.34. The lowest BCUT2D eigenvalue weighted by molar-refractivity contribution is 0.102. The zero-order chi connectivity index (χ0) is 14.7.